The van der Waals surface area contributed by atoms with Crippen LogP contribution in [0.15, 0.2) is 78.9 Å². The van der Waals surface area contributed by atoms with Crippen LogP contribution < -0.4 is 20.8 Å². The monoisotopic (exact) mass is 487 g/mol. The molecule has 1 aliphatic heterocycles. The first-order valence-corrected chi connectivity index (χ1v) is 11.6. The second-order valence-electron chi connectivity index (χ2n) is 9.06. The van der Waals surface area contributed by atoms with Crippen molar-refractivity contribution in [1.29, 1.82) is 5.41 Å². The minimum atomic E-state index is -1.13. The molecule has 0 aliphatic carbocycles. The van der Waals surface area contributed by atoms with Crippen molar-refractivity contribution in [1.82, 2.24) is 11.0 Å². The van der Waals surface area contributed by atoms with Gasteiger partial charge in [0.15, 0.2) is 0 Å². The predicted octanol–water partition coefficient (Wildman–Crippen LogP) is 3.71. The molecule has 1 aliphatic rings. The van der Waals surface area contributed by atoms with Crippen LogP contribution in [-0.4, -0.2) is 33.7 Å². The Bertz CT molecular complexity index is 1270. The van der Waals surface area contributed by atoms with Crippen molar-refractivity contribution in [2.75, 3.05) is 9.80 Å². The van der Waals surface area contributed by atoms with Gasteiger partial charge in [0.25, 0.3) is 11.8 Å². The van der Waals surface area contributed by atoms with Gasteiger partial charge in [0.2, 0.25) is 5.96 Å². The van der Waals surface area contributed by atoms with Gasteiger partial charge >= 0.3 is 0 Å². The summed E-state index contributed by atoms with van der Waals surface area (Å²) in [5.74, 6) is -1.93. The summed E-state index contributed by atoms with van der Waals surface area (Å²) in [4.78, 5) is 29.7. The van der Waals surface area contributed by atoms with E-state index in [0.717, 1.165) is 16.0 Å². The summed E-state index contributed by atoms with van der Waals surface area (Å²) >= 11 is 0. The highest BCUT2D eigenvalue weighted by atomic mass is 16.5. The van der Waals surface area contributed by atoms with Gasteiger partial charge in [-0.2, -0.15) is 0 Å². The number of benzene rings is 3. The molecule has 9 nitrogen and oxygen atoms in total. The molecule has 2 amide bonds. The van der Waals surface area contributed by atoms with Crippen LogP contribution in [0.2, 0.25) is 0 Å². The summed E-state index contributed by atoms with van der Waals surface area (Å²) in [6.45, 7) is 4.32. The molecule has 0 fully saturated rings. The first-order valence-electron chi connectivity index (χ1n) is 11.6. The molecule has 0 spiro atoms. The molecule has 4 rings (SSSR count). The average Bonchev–Trinajstić information content (AvgIpc) is 2.90. The van der Waals surface area contributed by atoms with Crippen molar-refractivity contribution < 1.29 is 20.0 Å². The zero-order valence-corrected chi connectivity index (χ0v) is 20.1. The van der Waals surface area contributed by atoms with Crippen LogP contribution >= 0.6 is 0 Å². The van der Waals surface area contributed by atoms with E-state index in [0.29, 0.717) is 18.7 Å². The first kappa shape index (κ1) is 24.9. The maximum atomic E-state index is 14.5. The molecular formula is C27H29N5O4. The summed E-state index contributed by atoms with van der Waals surface area (Å²) in [7, 11) is 0. The minimum Gasteiger partial charge on any atom is -0.350 e. The predicted molar refractivity (Wildman–Crippen MR) is 136 cm³/mol. The smallest absolute Gasteiger partial charge is 0.274 e. The van der Waals surface area contributed by atoms with Gasteiger partial charge in [-0.05, 0) is 35.2 Å². The third-order valence-corrected chi connectivity index (χ3v) is 6.71. The quantitative estimate of drug-likeness (QED) is 0.156. The maximum absolute atomic E-state index is 14.5. The third kappa shape index (κ3) is 4.30. The lowest BCUT2D eigenvalue weighted by atomic mass is 9.75. The number of fused-ring (bicyclic) bond motifs is 1. The number of carbonyl (C=O) groups is 2. The van der Waals surface area contributed by atoms with Crippen molar-refractivity contribution in [3.63, 3.8) is 0 Å². The molecule has 3 aromatic carbocycles. The number of hydroxylamine groups is 2. The number of guanidine groups is 1. The van der Waals surface area contributed by atoms with Crippen LogP contribution in [0.1, 0.15) is 35.3 Å². The normalized spacial score (nSPS) is 17.1. The molecule has 186 valence electrons. The highest BCUT2D eigenvalue weighted by Crippen LogP contribution is 2.46. The molecule has 0 bridgehead atoms. The zero-order chi connectivity index (χ0) is 25.9. The van der Waals surface area contributed by atoms with Gasteiger partial charge in [0.05, 0.1) is 11.4 Å². The summed E-state index contributed by atoms with van der Waals surface area (Å²) in [5, 5.41) is 27.2. The summed E-state index contributed by atoms with van der Waals surface area (Å²) in [5.41, 5.74) is 5.14. The van der Waals surface area contributed by atoms with Crippen molar-refractivity contribution in [3.8, 4) is 0 Å². The van der Waals surface area contributed by atoms with Gasteiger partial charge in [0, 0.05) is 18.5 Å². The van der Waals surface area contributed by atoms with Gasteiger partial charge < -0.3 is 4.90 Å². The first-order chi connectivity index (χ1) is 17.3. The summed E-state index contributed by atoms with van der Waals surface area (Å²) < 4.78 is 0. The van der Waals surface area contributed by atoms with E-state index < -0.39 is 23.3 Å². The van der Waals surface area contributed by atoms with E-state index in [9.17, 15) is 14.8 Å². The van der Waals surface area contributed by atoms with E-state index in [-0.39, 0.29) is 17.2 Å². The second-order valence-corrected chi connectivity index (χ2v) is 9.06. The number of nitrogens with zero attached hydrogens (tertiary/aromatic N) is 2. The largest absolute Gasteiger partial charge is 0.350 e. The summed E-state index contributed by atoms with van der Waals surface area (Å²) in [6, 6.07) is 24.1. The standard InChI is InChI=1S/C27H29N5O4/c1-18(2)27(16-19-9-5-3-6-10-19)25(34)32(26(28)30-36)23-15-21(24(33)29-35)13-14-22(23)31(27)17-20-11-7-4-8-12-20/h3-15,18,35-36H,16-17H2,1-2H3,(H2,28,30)(H,29,33)/t27-/m0/s1. The molecule has 36 heavy (non-hydrogen) atoms. The molecule has 0 aromatic heterocycles. The van der Waals surface area contributed by atoms with E-state index in [1.54, 1.807) is 23.1 Å². The number of rotatable bonds is 6. The molecule has 5 N–H and O–H groups in total. The number of anilines is 2. The topological polar surface area (TPSA) is 129 Å². The molecule has 0 saturated carbocycles. The lowest BCUT2D eigenvalue weighted by Gasteiger charge is -2.53. The fraction of sp³-hybridized carbons (Fsp3) is 0.222. The highest BCUT2D eigenvalue weighted by molar-refractivity contribution is 6.23. The van der Waals surface area contributed by atoms with Crippen LogP contribution in [0.25, 0.3) is 0 Å². The van der Waals surface area contributed by atoms with Crippen LogP contribution in [0, 0.1) is 11.3 Å². The number of hydrogen-bond acceptors (Lipinski definition) is 6. The molecule has 1 atom stereocenters. The number of hydrogen-bond donors (Lipinski definition) is 5. The molecule has 9 heteroatoms. The Morgan fingerprint density at radius 2 is 1.53 bits per heavy atom. The number of carbonyl (C=O) groups excluding carboxylic acids is 2. The maximum Gasteiger partial charge on any atom is 0.274 e. The molecule has 0 saturated heterocycles. The van der Waals surface area contributed by atoms with Crippen molar-refractivity contribution in [2.24, 2.45) is 5.92 Å². The lowest BCUT2D eigenvalue weighted by molar-refractivity contribution is -0.125. The van der Waals surface area contributed by atoms with Gasteiger partial charge in [-0.1, -0.05) is 74.5 Å². The van der Waals surface area contributed by atoms with E-state index >= 15 is 0 Å². The van der Waals surface area contributed by atoms with Gasteiger partial charge in [-0.25, -0.2) is 15.9 Å². The molecule has 1 heterocycles. The van der Waals surface area contributed by atoms with Gasteiger partial charge in [0.1, 0.15) is 5.54 Å². The Hall–Kier alpha value is -4.21. The highest BCUT2D eigenvalue weighted by Gasteiger charge is 2.54. The summed E-state index contributed by atoms with van der Waals surface area (Å²) in [6.07, 6.45) is 0.352. The van der Waals surface area contributed by atoms with Crippen LogP contribution in [-0.2, 0) is 17.8 Å². The van der Waals surface area contributed by atoms with Gasteiger partial charge in [-0.3, -0.25) is 25.4 Å². The fourth-order valence-corrected chi connectivity index (χ4v) is 4.88. The van der Waals surface area contributed by atoms with E-state index in [1.807, 2.05) is 79.4 Å². The molecule has 0 unspecified atom stereocenters. The Morgan fingerprint density at radius 1 is 0.917 bits per heavy atom. The Morgan fingerprint density at radius 3 is 2.08 bits per heavy atom. The van der Waals surface area contributed by atoms with Crippen molar-refractivity contribution in [3.05, 3.63) is 95.6 Å². The van der Waals surface area contributed by atoms with E-state index in [2.05, 4.69) is 0 Å². The second kappa shape index (κ2) is 10.2. The Labute approximate surface area is 209 Å². The van der Waals surface area contributed by atoms with E-state index in [4.69, 9.17) is 10.6 Å². The van der Waals surface area contributed by atoms with Gasteiger partial charge in [-0.15, -0.1) is 0 Å². The minimum absolute atomic E-state index is 0.0968. The number of nitrogens with one attached hydrogen (secondary N) is 3. The van der Waals surface area contributed by atoms with Crippen molar-refractivity contribution in [2.45, 2.75) is 32.4 Å². The van der Waals surface area contributed by atoms with E-state index in [1.165, 1.54) is 6.07 Å². The Kier molecular flexibility index (Phi) is 7.05. The average molecular weight is 488 g/mol. The van der Waals surface area contributed by atoms with Crippen molar-refractivity contribution >= 4 is 29.1 Å². The molecule has 0 radical (unpaired) electrons. The Balaban J connectivity index is 2.00. The molecular weight excluding hydrogens is 458 g/mol. The lowest BCUT2D eigenvalue weighted by Crippen LogP contribution is -2.69. The van der Waals surface area contributed by atoms with Crippen LogP contribution in [0.5, 0.6) is 0 Å². The zero-order valence-electron chi connectivity index (χ0n) is 20.1. The fourth-order valence-electron chi connectivity index (χ4n) is 4.88. The SMILES string of the molecule is CC(C)[C@@]1(Cc2ccccc2)C(=O)N(C(=N)NO)c2cc(C(=O)NO)ccc2N1Cc1ccccc1. The third-order valence-electron chi connectivity index (χ3n) is 6.71. The molecule has 3 aromatic rings. The van der Waals surface area contributed by atoms with Crippen LogP contribution in [0.3, 0.4) is 0 Å². The van der Waals surface area contributed by atoms with Crippen LogP contribution in [0.4, 0.5) is 11.4 Å². The number of amides is 2.